The molecule has 116 valence electrons. The van der Waals surface area contributed by atoms with E-state index < -0.39 is 0 Å². The average Bonchev–Trinajstić information content (AvgIpc) is 3.01. The maximum Gasteiger partial charge on any atom is 0.222 e. The number of nitrogens with two attached hydrogens (primary N) is 1. The lowest BCUT2D eigenvalue weighted by atomic mass is 10.0. The normalized spacial score (nSPS) is 21.6. The van der Waals surface area contributed by atoms with Crippen LogP contribution in [0.5, 0.6) is 0 Å². The molecule has 0 bridgehead atoms. The zero-order chi connectivity index (χ0) is 14.2. The van der Waals surface area contributed by atoms with Crippen LogP contribution in [0.1, 0.15) is 57.8 Å². The molecular weight excluding hydrogens is 250 g/mol. The number of nitrogens with zero attached hydrogens (tertiary/aromatic N) is 2. The minimum atomic E-state index is 0.373. The molecule has 2 rings (SSSR count). The molecule has 2 aliphatic rings. The summed E-state index contributed by atoms with van der Waals surface area (Å²) in [6.07, 6.45) is 10.3. The third kappa shape index (κ3) is 4.74. The smallest absolute Gasteiger partial charge is 0.222 e. The largest absolute Gasteiger partial charge is 0.343 e. The average molecular weight is 281 g/mol. The lowest BCUT2D eigenvalue weighted by Crippen LogP contribution is -2.45. The van der Waals surface area contributed by atoms with E-state index in [1.54, 1.807) is 0 Å². The number of piperidine rings is 1. The molecule has 0 radical (unpaired) electrons. The molecule has 0 aromatic rings. The lowest BCUT2D eigenvalue weighted by Gasteiger charge is -2.36. The van der Waals surface area contributed by atoms with E-state index in [0.29, 0.717) is 5.91 Å². The highest BCUT2D eigenvalue weighted by Gasteiger charge is 2.27. The number of hydrogen-bond acceptors (Lipinski definition) is 3. The van der Waals surface area contributed by atoms with Gasteiger partial charge in [-0.05, 0) is 58.2 Å². The molecule has 4 heteroatoms. The fraction of sp³-hybridized carbons (Fsp3) is 0.938. The molecule has 0 saturated carbocycles. The summed E-state index contributed by atoms with van der Waals surface area (Å²) < 4.78 is 0. The van der Waals surface area contributed by atoms with Crippen molar-refractivity contribution >= 4 is 5.91 Å². The van der Waals surface area contributed by atoms with Gasteiger partial charge in [-0.15, -0.1) is 0 Å². The van der Waals surface area contributed by atoms with Gasteiger partial charge in [0.2, 0.25) is 5.91 Å². The molecule has 2 heterocycles. The number of carbonyl (C=O) groups excluding carboxylic acids is 1. The predicted molar refractivity (Wildman–Crippen MR) is 82.5 cm³/mol. The van der Waals surface area contributed by atoms with Crippen molar-refractivity contribution in [1.82, 2.24) is 9.80 Å². The lowest BCUT2D eigenvalue weighted by molar-refractivity contribution is -0.132. The van der Waals surface area contributed by atoms with E-state index in [-0.39, 0.29) is 0 Å². The van der Waals surface area contributed by atoms with Crippen molar-refractivity contribution in [2.24, 2.45) is 5.73 Å². The monoisotopic (exact) mass is 281 g/mol. The van der Waals surface area contributed by atoms with Crippen LogP contribution in [0.3, 0.4) is 0 Å². The quantitative estimate of drug-likeness (QED) is 0.726. The van der Waals surface area contributed by atoms with E-state index in [4.69, 9.17) is 5.73 Å². The SMILES string of the molecule is NCCCCCCC(=O)N1CCC(N2CCCC2)CC1. The van der Waals surface area contributed by atoms with Crippen molar-refractivity contribution in [1.29, 1.82) is 0 Å². The Morgan fingerprint density at radius 3 is 2.25 bits per heavy atom. The van der Waals surface area contributed by atoms with Crippen LogP contribution in [0.4, 0.5) is 0 Å². The van der Waals surface area contributed by atoms with Crippen molar-refractivity contribution in [3.63, 3.8) is 0 Å². The molecule has 0 atom stereocenters. The summed E-state index contributed by atoms with van der Waals surface area (Å²) in [4.78, 5) is 16.9. The summed E-state index contributed by atoms with van der Waals surface area (Å²) in [5, 5.41) is 0. The molecule has 20 heavy (non-hydrogen) atoms. The van der Waals surface area contributed by atoms with Gasteiger partial charge in [0.15, 0.2) is 0 Å². The Morgan fingerprint density at radius 2 is 1.60 bits per heavy atom. The number of likely N-dealkylation sites (tertiary alicyclic amines) is 2. The fourth-order valence-corrected chi connectivity index (χ4v) is 3.52. The first kappa shape index (κ1) is 15.8. The molecular formula is C16H31N3O. The first-order valence-corrected chi connectivity index (χ1v) is 8.53. The van der Waals surface area contributed by atoms with Crippen molar-refractivity contribution < 1.29 is 4.79 Å². The molecule has 2 saturated heterocycles. The summed E-state index contributed by atoms with van der Waals surface area (Å²) in [5.41, 5.74) is 5.47. The van der Waals surface area contributed by atoms with Gasteiger partial charge in [0.05, 0.1) is 0 Å². The van der Waals surface area contributed by atoms with Crippen LogP contribution < -0.4 is 5.73 Å². The summed E-state index contributed by atoms with van der Waals surface area (Å²) in [5.74, 6) is 0.373. The number of hydrogen-bond donors (Lipinski definition) is 1. The minimum Gasteiger partial charge on any atom is -0.343 e. The first-order chi connectivity index (χ1) is 9.81. The van der Waals surface area contributed by atoms with Gasteiger partial charge in [0.25, 0.3) is 0 Å². The predicted octanol–water partition coefficient (Wildman–Crippen LogP) is 1.98. The van der Waals surface area contributed by atoms with Crippen LogP contribution in [0.15, 0.2) is 0 Å². The maximum atomic E-state index is 12.1. The topological polar surface area (TPSA) is 49.6 Å². The Labute approximate surface area is 123 Å². The highest BCUT2D eigenvalue weighted by Crippen LogP contribution is 2.21. The third-order valence-electron chi connectivity index (χ3n) is 4.82. The number of rotatable bonds is 7. The highest BCUT2D eigenvalue weighted by molar-refractivity contribution is 5.76. The van der Waals surface area contributed by atoms with E-state index in [1.165, 1.54) is 45.2 Å². The zero-order valence-corrected chi connectivity index (χ0v) is 12.9. The minimum absolute atomic E-state index is 0.373. The first-order valence-electron chi connectivity index (χ1n) is 8.53. The van der Waals surface area contributed by atoms with Gasteiger partial charge in [-0.2, -0.15) is 0 Å². The van der Waals surface area contributed by atoms with Crippen molar-refractivity contribution in [2.45, 2.75) is 63.8 Å². The van der Waals surface area contributed by atoms with Gasteiger partial charge in [-0.1, -0.05) is 12.8 Å². The van der Waals surface area contributed by atoms with Crippen LogP contribution in [0.25, 0.3) is 0 Å². The second kappa shape index (κ2) is 8.63. The second-order valence-corrected chi connectivity index (χ2v) is 6.31. The van der Waals surface area contributed by atoms with Crippen LogP contribution in [-0.2, 0) is 4.79 Å². The number of amides is 1. The molecule has 2 N–H and O–H groups in total. The van der Waals surface area contributed by atoms with Gasteiger partial charge in [-0.3, -0.25) is 4.79 Å². The third-order valence-corrected chi connectivity index (χ3v) is 4.82. The Morgan fingerprint density at radius 1 is 0.950 bits per heavy atom. The molecule has 0 aromatic carbocycles. The summed E-state index contributed by atoms with van der Waals surface area (Å²) in [6.45, 7) is 5.28. The van der Waals surface area contributed by atoms with Crippen LogP contribution in [0.2, 0.25) is 0 Å². The van der Waals surface area contributed by atoms with Crippen LogP contribution in [0, 0.1) is 0 Å². The fourth-order valence-electron chi connectivity index (χ4n) is 3.52. The Balaban J connectivity index is 1.59. The van der Waals surface area contributed by atoms with E-state index >= 15 is 0 Å². The van der Waals surface area contributed by atoms with Gasteiger partial charge >= 0.3 is 0 Å². The van der Waals surface area contributed by atoms with E-state index in [0.717, 1.165) is 51.4 Å². The van der Waals surface area contributed by atoms with Gasteiger partial charge in [-0.25, -0.2) is 0 Å². The number of unbranched alkanes of at least 4 members (excludes halogenated alkanes) is 3. The Bertz CT molecular complexity index is 281. The van der Waals surface area contributed by atoms with Gasteiger partial charge in [0.1, 0.15) is 0 Å². The summed E-state index contributed by atoms with van der Waals surface area (Å²) in [7, 11) is 0. The van der Waals surface area contributed by atoms with Crippen LogP contribution in [-0.4, -0.2) is 54.5 Å². The van der Waals surface area contributed by atoms with Crippen molar-refractivity contribution in [3.8, 4) is 0 Å². The molecule has 4 nitrogen and oxygen atoms in total. The maximum absolute atomic E-state index is 12.1. The summed E-state index contributed by atoms with van der Waals surface area (Å²) in [6, 6.07) is 0.742. The van der Waals surface area contributed by atoms with Gasteiger partial charge in [0, 0.05) is 25.6 Å². The molecule has 0 unspecified atom stereocenters. The molecule has 2 fully saturated rings. The molecule has 0 aromatic heterocycles. The standard InChI is InChI=1S/C16H31N3O/c17-10-4-2-1-3-7-16(20)19-13-8-15(9-14-19)18-11-5-6-12-18/h15H,1-14,17H2. The van der Waals surface area contributed by atoms with Crippen molar-refractivity contribution in [3.05, 3.63) is 0 Å². The van der Waals surface area contributed by atoms with Crippen LogP contribution >= 0.6 is 0 Å². The van der Waals surface area contributed by atoms with E-state index in [2.05, 4.69) is 9.80 Å². The molecule has 0 spiro atoms. The van der Waals surface area contributed by atoms with E-state index in [1.807, 2.05) is 0 Å². The molecule has 1 amide bonds. The number of carbonyl (C=O) groups is 1. The highest BCUT2D eigenvalue weighted by atomic mass is 16.2. The van der Waals surface area contributed by atoms with E-state index in [9.17, 15) is 4.79 Å². The second-order valence-electron chi connectivity index (χ2n) is 6.31. The Hall–Kier alpha value is -0.610. The van der Waals surface area contributed by atoms with Crippen molar-refractivity contribution in [2.75, 3.05) is 32.7 Å². The zero-order valence-electron chi connectivity index (χ0n) is 12.9. The molecule has 2 aliphatic heterocycles. The Kier molecular flexibility index (Phi) is 6.80. The summed E-state index contributed by atoms with van der Waals surface area (Å²) >= 11 is 0. The van der Waals surface area contributed by atoms with Gasteiger partial charge < -0.3 is 15.5 Å². The molecule has 0 aliphatic carbocycles.